The molecule has 0 aromatic heterocycles. The standard InChI is InChI=1S/C12H23NO3/c1-9(7-11(15)16)6-10(14)13(5)8-12(2,3)4/h9H,6-8H2,1-5H3,(H,15,16). The third-order valence-electron chi connectivity index (χ3n) is 2.18. The first kappa shape index (κ1) is 14.9. The van der Waals surface area contributed by atoms with Gasteiger partial charge in [-0.2, -0.15) is 0 Å². The Kier molecular flexibility index (Phi) is 5.48. The van der Waals surface area contributed by atoms with E-state index in [1.54, 1.807) is 18.9 Å². The van der Waals surface area contributed by atoms with Crippen LogP contribution in [-0.2, 0) is 9.59 Å². The number of carbonyl (C=O) groups is 2. The normalized spacial score (nSPS) is 13.3. The summed E-state index contributed by atoms with van der Waals surface area (Å²) in [6, 6.07) is 0. The lowest BCUT2D eigenvalue weighted by atomic mass is 9.95. The highest BCUT2D eigenvalue weighted by Crippen LogP contribution is 2.16. The fraction of sp³-hybridized carbons (Fsp3) is 0.833. The predicted octanol–water partition coefficient (Wildman–Crippen LogP) is 1.99. The summed E-state index contributed by atoms with van der Waals surface area (Å²) in [6.07, 6.45) is 0.355. The molecule has 4 heteroatoms. The van der Waals surface area contributed by atoms with Gasteiger partial charge in [0.15, 0.2) is 0 Å². The van der Waals surface area contributed by atoms with Crippen molar-refractivity contribution in [2.45, 2.75) is 40.5 Å². The van der Waals surface area contributed by atoms with E-state index in [-0.39, 0.29) is 23.7 Å². The Balaban J connectivity index is 4.10. The summed E-state index contributed by atoms with van der Waals surface area (Å²) >= 11 is 0. The third kappa shape index (κ3) is 7.26. The van der Waals surface area contributed by atoms with Gasteiger partial charge in [-0.15, -0.1) is 0 Å². The zero-order valence-electron chi connectivity index (χ0n) is 10.9. The average molecular weight is 229 g/mol. The number of rotatable bonds is 5. The zero-order chi connectivity index (χ0) is 12.9. The summed E-state index contributed by atoms with van der Waals surface area (Å²) < 4.78 is 0. The molecule has 1 amide bonds. The Morgan fingerprint density at radius 2 is 1.75 bits per heavy atom. The SMILES string of the molecule is CC(CC(=O)O)CC(=O)N(C)CC(C)(C)C. The highest BCUT2D eigenvalue weighted by molar-refractivity contribution is 5.77. The van der Waals surface area contributed by atoms with Crippen molar-refractivity contribution in [1.29, 1.82) is 0 Å². The monoisotopic (exact) mass is 229 g/mol. The van der Waals surface area contributed by atoms with Gasteiger partial charge in [-0.3, -0.25) is 9.59 Å². The summed E-state index contributed by atoms with van der Waals surface area (Å²) in [4.78, 5) is 23.9. The Labute approximate surface area is 97.6 Å². The number of amides is 1. The van der Waals surface area contributed by atoms with E-state index in [1.807, 2.05) is 0 Å². The topological polar surface area (TPSA) is 57.6 Å². The molecule has 0 radical (unpaired) electrons. The molecule has 0 saturated carbocycles. The molecular weight excluding hydrogens is 206 g/mol. The number of hydrogen-bond donors (Lipinski definition) is 1. The van der Waals surface area contributed by atoms with Crippen LogP contribution in [0.3, 0.4) is 0 Å². The van der Waals surface area contributed by atoms with Crippen LogP contribution in [0.15, 0.2) is 0 Å². The molecule has 0 aromatic carbocycles. The van der Waals surface area contributed by atoms with Gasteiger partial charge < -0.3 is 10.0 Å². The van der Waals surface area contributed by atoms with E-state index in [0.717, 1.165) is 0 Å². The maximum absolute atomic E-state index is 11.7. The van der Waals surface area contributed by atoms with Gasteiger partial charge in [-0.1, -0.05) is 27.7 Å². The molecule has 94 valence electrons. The molecule has 0 saturated heterocycles. The lowest BCUT2D eigenvalue weighted by molar-refractivity contribution is -0.138. The fourth-order valence-corrected chi connectivity index (χ4v) is 1.62. The van der Waals surface area contributed by atoms with Crippen molar-refractivity contribution in [3.05, 3.63) is 0 Å². The van der Waals surface area contributed by atoms with Gasteiger partial charge in [-0.05, 0) is 11.3 Å². The number of carboxylic acid groups (broad SMARTS) is 1. The van der Waals surface area contributed by atoms with Crippen LogP contribution in [0.2, 0.25) is 0 Å². The number of aliphatic carboxylic acids is 1. The van der Waals surface area contributed by atoms with E-state index in [1.165, 1.54) is 0 Å². The molecule has 0 aliphatic carbocycles. The van der Waals surface area contributed by atoms with Gasteiger partial charge in [0.05, 0.1) is 0 Å². The van der Waals surface area contributed by atoms with Gasteiger partial charge in [0.2, 0.25) is 5.91 Å². The first-order valence-corrected chi connectivity index (χ1v) is 5.57. The summed E-state index contributed by atoms with van der Waals surface area (Å²) in [7, 11) is 1.76. The second kappa shape index (κ2) is 5.87. The lowest BCUT2D eigenvalue weighted by Crippen LogP contribution is -2.35. The number of carboxylic acids is 1. The van der Waals surface area contributed by atoms with E-state index in [0.29, 0.717) is 13.0 Å². The molecule has 4 nitrogen and oxygen atoms in total. The quantitative estimate of drug-likeness (QED) is 0.784. The minimum absolute atomic E-state index is 0.0173. The van der Waals surface area contributed by atoms with Crippen LogP contribution in [0, 0.1) is 11.3 Å². The molecule has 0 spiro atoms. The van der Waals surface area contributed by atoms with Gasteiger partial charge in [-0.25, -0.2) is 0 Å². The molecule has 1 unspecified atom stereocenters. The summed E-state index contributed by atoms with van der Waals surface area (Å²) in [6.45, 7) is 8.68. The molecule has 0 aromatic rings. The van der Waals surface area contributed by atoms with E-state index in [2.05, 4.69) is 20.8 Å². The van der Waals surface area contributed by atoms with E-state index >= 15 is 0 Å². The first-order chi connectivity index (χ1) is 7.11. The Morgan fingerprint density at radius 1 is 1.25 bits per heavy atom. The van der Waals surface area contributed by atoms with Gasteiger partial charge in [0.1, 0.15) is 0 Å². The Morgan fingerprint density at radius 3 is 2.12 bits per heavy atom. The highest BCUT2D eigenvalue weighted by atomic mass is 16.4. The molecule has 0 heterocycles. The van der Waals surface area contributed by atoms with E-state index in [4.69, 9.17) is 5.11 Å². The summed E-state index contributed by atoms with van der Waals surface area (Å²) in [5.74, 6) is -0.935. The van der Waals surface area contributed by atoms with Crippen LogP contribution in [0.25, 0.3) is 0 Å². The van der Waals surface area contributed by atoms with Crippen molar-refractivity contribution in [1.82, 2.24) is 4.90 Å². The minimum Gasteiger partial charge on any atom is -0.481 e. The summed E-state index contributed by atoms with van der Waals surface area (Å²) in [5, 5.41) is 8.60. The second-order valence-electron chi connectivity index (χ2n) is 5.72. The van der Waals surface area contributed by atoms with Crippen molar-refractivity contribution in [3.63, 3.8) is 0 Å². The number of nitrogens with zero attached hydrogens (tertiary/aromatic N) is 1. The van der Waals surface area contributed by atoms with Crippen LogP contribution >= 0.6 is 0 Å². The Hall–Kier alpha value is -1.06. The molecule has 0 aliphatic rings. The highest BCUT2D eigenvalue weighted by Gasteiger charge is 2.20. The molecule has 16 heavy (non-hydrogen) atoms. The number of carbonyl (C=O) groups excluding carboxylic acids is 1. The molecule has 0 fully saturated rings. The van der Waals surface area contributed by atoms with Crippen molar-refractivity contribution >= 4 is 11.9 Å². The zero-order valence-corrected chi connectivity index (χ0v) is 10.9. The lowest BCUT2D eigenvalue weighted by Gasteiger charge is -2.27. The molecular formula is C12H23NO3. The van der Waals surface area contributed by atoms with Crippen LogP contribution in [0.5, 0.6) is 0 Å². The van der Waals surface area contributed by atoms with Crippen LogP contribution in [-0.4, -0.2) is 35.5 Å². The van der Waals surface area contributed by atoms with Crippen molar-refractivity contribution in [2.24, 2.45) is 11.3 Å². The van der Waals surface area contributed by atoms with E-state index in [9.17, 15) is 9.59 Å². The molecule has 1 N–H and O–H groups in total. The van der Waals surface area contributed by atoms with E-state index < -0.39 is 5.97 Å². The molecule has 0 rings (SSSR count). The minimum atomic E-state index is -0.848. The van der Waals surface area contributed by atoms with Crippen LogP contribution in [0.4, 0.5) is 0 Å². The van der Waals surface area contributed by atoms with Crippen molar-refractivity contribution in [2.75, 3.05) is 13.6 Å². The maximum atomic E-state index is 11.7. The molecule has 0 aliphatic heterocycles. The van der Waals surface area contributed by atoms with Crippen molar-refractivity contribution in [3.8, 4) is 0 Å². The summed E-state index contributed by atoms with van der Waals surface area (Å²) in [5.41, 5.74) is 0.0699. The predicted molar refractivity (Wildman–Crippen MR) is 63.1 cm³/mol. The van der Waals surface area contributed by atoms with Crippen molar-refractivity contribution < 1.29 is 14.7 Å². The smallest absolute Gasteiger partial charge is 0.303 e. The first-order valence-electron chi connectivity index (χ1n) is 5.57. The van der Waals surface area contributed by atoms with Crippen LogP contribution < -0.4 is 0 Å². The maximum Gasteiger partial charge on any atom is 0.303 e. The Bertz CT molecular complexity index is 255. The molecule has 1 atom stereocenters. The second-order valence-corrected chi connectivity index (χ2v) is 5.72. The third-order valence-corrected chi connectivity index (χ3v) is 2.18. The average Bonchev–Trinajstić information content (AvgIpc) is 1.98. The number of hydrogen-bond acceptors (Lipinski definition) is 2. The van der Waals surface area contributed by atoms with Gasteiger partial charge in [0.25, 0.3) is 0 Å². The van der Waals surface area contributed by atoms with Gasteiger partial charge >= 0.3 is 5.97 Å². The van der Waals surface area contributed by atoms with Crippen LogP contribution in [0.1, 0.15) is 40.5 Å². The van der Waals surface area contributed by atoms with Gasteiger partial charge in [0, 0.05) is 26.4 Å². The largest absolute Gasteiger partial charge is 0.481 e. The molecule has 0 bridgehead atoms. The fourth-order valence-electron chi connectivity index (χ4n) is 1.62.